The van der Waals surface area contributed by atoms with Gasteiger partial charge in [0.05, 0.1) is 31.6 Å². The van der Waals surface area contributed by atoms with Crippen molar-refractivity contribution in [1.29, 1.82) is 0 Å². The van der Waals surface area contributed by atoms with E-state index in [0.29, 0.717) is 18.4 Å². The molecule has 3 aromatic rings. The van der Waals surface area contributed by atoms with Gasteiger partial charge in [0, 0.05) is 17.7 Å². The molecular formula is C27H25FN2O4. The van der Waals surface area contributed by atoms with Crippen LogP contribution in [0.2, 0.25) is 0 Å². The highest BCUT2D eigenvalue weighted by Crippen LogP contribution is 2.47. The molecule has 6 nitrogen and oxygen atoms in total. The van der Waals surface area contributed by atoms with Crippen molar-refractivity contribution in [2.75, 3.05) is 24.9 Å². The Morgan fingerprint density at radius 2 is 1.56 bits per heavy atom. The molecule has 0 unspecified atom stereocenters. The summed E-state index contributed by atoms with van der Waals surface area (Å²) >= 11 is 0. The Morgan fingerprint density at radius 1 is 0.912 bits per heavy atom. The van der Waals surface area contributed by atoms with E-state index in [1.165, 1.54) is 26.4 Å². The highest BCUT2D eigenvalue weighted by atomic mass is 19.1. The van der Waals surface area contributed by atoms with Crippen molar-refractivity contribution in [1.82, 2.24) is 0 Å². The Hall–Kier alpha value is -4.00. The summed E-state index contributed by atoms with van der Waals surface area (Å²) in [6.07, 6.45) is 0.915. The van der Waals surface area contributed by atoms with E-state index in [1.807, 2.05) is 24.3 Å². The lowest BCUT2D eigenvalue weighted by Gasteiger charge is -2.30. The summed E-state index contributed by atoms with van der Waals surface area (Å²) in [6, 6.07) is 17.1. The Kier molecular flexibility index (Phi) is 5.61. The summed E-state index contributed by atoms with van der Waals surface area (Å²) in [6.45, 7) is 0. The zero-order valence-corrected chi connectivity index (χ0v) is 18.9. The van der Waals surface area contributed by atoms with Crippen LogP contribution in [0.1, 0.15) is 35.9 Å². The van der Waals surface area contributed by atoms with E-state index in [1.54, 1.807) is 24.3 Å². The van der Waals surface area contributed by atoms with Crippen LogP contribution in [0, 0.1) is 5.82 Å². The molecule has 0 saturated carbocycles. The third-order valence-electron chi connectivity index (χ3n) is 6.49. The number of methoxy groups -OCH3 is 2. The Labute approximate surface area is 197 Å². The number of Topliss-reactive ketones (excluding diaryl/α,β-unsaturated/α-hetero) is 1. The highest BCUT2D eigenvalue weighted by molar-refractivity contribution is 6.01. The van der Waals surface area contributed by atoms with Crippen LogP contribution >= 0.6 is 0 Å². The van der Waals surface area contributed by atoms with Gasteiger partial charge in [-0.15, -0.1) is 0 Å². The van der Waals surface area contributed by atoms with Gasteiger partial charge in [0.15, 0.2) is 17.3 Å². The monoisotopic (exact) mass is 460 g/mol. The van der Waals surface area contributed by atoms with Crippen LogP contribution in [-0.4, -0.2) is 25.1 Å². The Morgan fingerprint density at radius 3 is 2.21 bits per heavy atom. The topological polar surface area (TPSA) is 79.8 Å². The molecule has 0 spiro atoms. The second-order valence-corrected chi connectivity index (χ2v) is 8.49. The molecule has 0 bridgehead atoms. The Balaban J connectivity index is 1.64. The fourth-order valence-electron chi connectivity index (χ4n) is 4.79. The molecule has 3 N–H and O–H groups in total. The fourth-order valence-corrected chi connectivity index (χ4v) is 4.79. The molecule has 0 radical (unpaired) electrons. The summed E-state index contributed by atoms with van der Waals surface area (Å²) in [5.74, 6) is 0.0641. The number of halogens is 1. The third-order valence-corrected chi connectivity index (χ3v) is 6.49. The molecule has 2 aliphatic rings. The maximum atomic E-state index is 13.6. The van der Waals surface area contributed by atoms with Gasteiger partial charge < -0.3 is 25.2 Å². The van der Waals surface area contributed by atoms with Crippen LogP contribution in [0.15, 0.2) is 71.9 Å². The molecule has 0 aromatic heterocycles. The van der Waals surface area contributed by atoms with Crippen molar-refractivity contribution in [2.45, 2.75) is 24.8 Å². The number of nitrogens with one attached hydrogen (secondary N) is 2. The molecule has 0 amide bonds. The number of hydrogen-bond acceptors (Lipinski definition) is 6. The quantitative estimate of drug-likeness (QED) is 0.475. The number of hydrogen-bond donors (Lipinski definition) is 3. The maximum Gasteiger partial charge on any atom is 0.200 e. The summed E-state index contributed by atoms with van der Waals surface area (Å²) in [7, 11) is 2.94. The zero-order valence-electron chi connectivity index (χ0n) is 18.9. The number of phenols is 1. The molecule has 1 aliphatic heterocycles. The van der Waals surface area contributed by atoms with Gasteiger partial charge in [-0.25, -0.2) is 4.39 Å². The van der Waals surface area contributed by atoms with E-state index in [2.05, 4.69) is 10.6 Å². The highest BCUT2D eigenvalue weighted by Gasteiger charge is 2.36. The van der Waals surface area contributed by atoms with Crippen LogP contribution < -0.4 is 20.1 Å². The van der Waals surface area contributed by atoms with Crippen molar-refractivity contribution in [2.24, 2.45) is 0 Å². The first-order chi connectivity index (χ1) is 16.5. The van der Waals surface area contributed by atoms with E-state index in [-0.39, 0.29) is 34.8 Å². The normalized spacial score (nSPS) is 19.3. The predicted molar refractivity (Wildman–Crippen MR) is 128 cm³/mol. The van der Waals surface area contributed by atoms with Gasteiger partial charge in [0.25, 0.3) is 0 Å². The van der Waals surface area contributed by atoms with Crippen LogP contribution in [-0.2, 0) is 4.79 Å². The lowest BCUT2D eigenvalue weighted by molar-refractivity contribution is -0.116. The minimum absolute atomic E-state index is 0.000565. The molecule has 2 atom stereocenters. The van der Waals surface area contributed by atoms with Gasteiger partial charge in [-0.1, -0.05) is 24.3 Å². The number of phenolic OH excluding ortho intramolecular Hbond substituents is 1. The Bertz CT molecular complexity index is 1260. The third kappa shape index (κ3) is 3.83. The number of aromatic hydroxyl groups is 1. The summed E-state index contributed by atoms with van der Waals surface area (Å²) in [5, 5.41) is 17.4. The molecule has 34 heavy (non-hydrogen) atoms. The standard InChI is InChI=1S/C27H25FN2O4/c1-33-23-13-17(14-24(34-2)27(23)32)26-25-21(29-19-5-3-4-6-20(19)30-26)11-16(12-22(25)31)15-7-9-18(28)10-8-15/h3-10,13-14,16,26,29-30,32H,11-12H2,1-2H3/t16-,26+/m1/s1. The van der Waals surface area contributed by atoms with E-state index in [9.17, 15) is 14.3 Å². The van der Waals surface area contributed by atoms with Gasteiger partial charge in [-0.2, -0.15) is 0 Å². The largest absolute Gasteiger partial charge is 0.502 e. The van der Waals surface area contributed by atoms with Crippen LogP contribution in [0.3, 0.4) is 0 Å². The van der Waals surface area contributed by atoms with Crippen molar-refractivity contribution in [3.63, 3.8) is 0 Å². The molecular weight excluding hydrogens is 435 g/mol. The van der Waals surface area contributed by atoms with Crippen molar-refractivity contribution < 1.29 is 23.8 Å². The molecule has 174 valence electrons. The summed E-state index contributed by atoms with van der Waals surface area (Å²) in [5.41, 5.74) is 4.81. The number of para-hydroxylation sites is 2. The number of ketones is 1. The van der Waals surface area contributed by atoms with Crippen molar-refractivity contribution in [3.8, 4) is 17.2 Å². The number of carbonyl (C=O) groups excluding carboxylic acids is 1. The molecule has 1 aliphatic carbocycles. The van der Waals surface area contributed by atoms with Crippen molar-refractivity contribution >= 4 is 17.2 Å². The van der Waals surface area contributed by atoms with Gasteiger partial charge in [0.1, 0.15) is 5.82 Å². The first-order valence-corrected chi connectivity index (χ1v) is 11.1. The van der Waals surface area contributed by atoms with E-state index < -0.39 is 6.04 Å². The zero-order chi connectivity index (χ0) is 23.8. The number of ether oxygens (including phenoxy) is 2. The first-order valence-electron chi connectivity index (χ1n) is 11.1. The van der Waals surface area contributed by atoms with Crippen LogP contribution in [0.4, 0.5) is 15.8 Å². The first kappa shape index (κ1) is 21.8. The number of fused-ring (bicyclic) bond motifs is 1. The molecule has 1 heterocycles. The molecule has 0 saturated heterocycles. The lowest BCUT2D eigenvalue weighted by atomic mass is 9.78. The van der Waals surface area contributed by atoms with E-state index in [0.717, 1.165) is 28.2 Å². The van der Waals surface area contributed by atoms with Crippen molar-refractivity contribution in [3.05, 3.63) is 88.9 Å². The minimum Gasteiger partial charge on any atom is -0.502 e. The number of allylic oxidation sites excluding steroid dienone is 1. The SMILES string of the molecule is COc1cc([C@@H]2Nc3ccccc3NC3=C2C(=O)C[C@H](c2ccc(F)cc2)C3)cc(OC)c1O. The number of benzene rings is 3. The van der Waals surface area contributed by atoms with Crippen LogP contribution in [0.5, 0.6) is 17.2 Å². The second kappa shape index (κ2) is 8.74. The molecule has 7 heteroatoms. The predicted octanol–water partition coefficient (Wildman–Crippen LogP) is 5.53. The average Bonchev–Trinajstić information content (AvgIpc) is 3.01. The second-order valence-electron chi connectivity index (χ2n) is 8.49. The summed E-state index contributed by atoms with van der Waals surface area (Å²) < 4.78 is 24.2. The molecule has 5 rings (SSSR count). The summed E-state index contributed by atoms with van der Waals surface area (Å²) in [4.78, 5) is 13.6. The smallest absolute Gasteiger partial charge is 0.200 e. The van der Waals surface area contributed by atoms with E-state index in [4.69, 9.17) is 9.47 Å². The van der Waals surface area contributed by atoms with Gasteiger partial charge in [-0.3, -0.25) is 4.79 Å². The molecule has 0 fully saturated rings. The molecule has 3 aromatic carbocycles. The lowest BCUT2D eigenvalue weighted by Crippen LogP contribution is -2.27. The minimum atomic E-state index is -0.490. The van der Waals surface area contributed by atoms with Gasteiger partial charge in [0.2, 0.25) is 5.75 Å². The number of rotatable bonds is 4. The average molecular weight is 461 g/mol. The fraction of sp³-hybridized carbons (Fsp3) is 0.222. The van der Waals surface area contributed by atoms with Gasteiger partial charge in [-0.05, 0) is 59.9 Å². The maximum absolute atomic E-state index is 13.6. The van der Waals surface area contributed by atoms with E-state index >= 15 is 0 Å². The number of carbonyl (C=O) groups is 1. The van der Waals surface area contributed by atoms with Gasteiger partial charge >= 0.3 is 0 Å². The van der Waals surface area contributed by atoms with Crippen LogP contribution in [0.25, 0.3) is 0 Å². The number of anilines is 2.